The second-order valence-corrected chi connectivity index (χ2v) is 7.17. The molecule has 2 aliphatic rings. The average molecular weight is 480 g/mol. The monoisotopic (exact) mass is 479 g/mol. The Bertz CT molecular complexity index is 593. The number of guanidine groups is 1. The van der Waals surface area contributed by atoms with E-state index >= 15 is 0 Å². The lowest BCUT2D eigenvalue weighted by Crippen LogP contribution is -2.44. The fourth-order valence-electron chi connectivity index (χ4n) is 3.45. The molecule has 0 radical (unpaired) electrons. The molecule has 1 spiro atoms. The smallest absolute Gasteiger partial charge is 0.193 e. The SMILES string of the molecule is CN=C(NCC(C)Oc1ccccc1Cl)N1CCC2(CCOC2)C1.I. The molecule has 1 aromatic carbocycles. The van der Waals surface area contributed by atoms with Gasteiger partial charge in [0.05, 0.1) is 18.2 Å². The Labute approximate surface area is 172 Å². The number of halogens is 2. The van der Waals surface area contributed by atoms with Gasteiger partial charge in [-0.1, -0.05) is 23.7 Å². The van der Waals surface area contributed by atoms with Crippen molar-refractivity contribution in [1.82, 2.24) is 10.2 Å². The fraction of sp³-hybridized carbons (Fsp3) is 0.611. The van der Waals surface area contributed by atoms with Gasteiger partial charge in [0.15, 0.2) is 5.96 Å². The molecule has 3 rings (SSSR count). The average Bonchev–Trinajstić information content (AvgIpc) is 3.21. The number of hydrogen-bond acceptors (Lipinski definition) is 3. The van der Waals surface area contributed by atoms with Crippen molar-refractivity contribution in [3.8, 4) is 5.75 Å². The normalized spacial score (nSPS) is 24.3. The summed E-state index contributed by atoms with van der Waals surface area (Å²) in [7, 11) is 1.83. The molecule has 5 nitrogen and oxygen atoms in total. The highest BCUT2D eigenvalue weighted by Gasteiger charge is 2.42. The Morgan fingerprint density at radius 2 is 2.24 bits per heavy atom. The lowest BCUT2D eigenvalue weighted by molar-refractivity contribution is 0.156. The van der Waals surface area contributed by atoms with Crippen LogP contribution in [-0.2, 0) is 4.74 Å². The molecule has 2 aliphatic heterocycles. The van der Waals surface area contributed by atoms with Crippen molar-refractivity contribution in [1.29, 1.82) is 0 Å². The van der Waals surface area contributed by atoms with Crippen LogP contribution in [0.2, 0.25) is 5.02 Å². The van der Waals surface area contributed by atoms with Gasteiger partial charge < -0.3 is 19.7 Å². The Morgan fingerprint density at radius 3 is 2.92 bits per heavy atom. The lowest BCUT2D eigenvalue weighted by Gasteiger charge is -2.26. The number of nitrogens with one attached hydrogen (secondary N) is 1. The van der Waals surface area contributed by atoms with Gasteiger partial charge in [0.1, 0.15) is 11.9 Å². The van der Waals surface area contributed by atoms with E-state index in [0.717, 1.165) is 38.7 Å². The maximum absolute atomic E-state index is 6.14. The number of benzene rings is 1. The zero-order valence-corrected chi connectivity index (χ0v) is 17.9. The van der Waals surface area contributed by atoms with Gasteiger partial charge in [0, 0.05) is 32.2 Å². The van der Waals surface area contributed by atoms with Crippen LogP contribution in [0.25, 0.3) is 0 Å². The summed E-state index contributed by atoms with van der Waals surface area (Å²) >= 11 is 6.14. The standard InChI is InChI=1S/C18H26ClN3O2.HI/c1-14(24-16-6-4-3-5-15(16)19)11-21-17(20-2)22-9-7-18(12-22)8-10-23-13-18;/h3-6,14H,7-13H2,1-2H3,(H,20,21);1H. The molecule has 0 aliphatic carbocycles. The predicted octanol–water partition coefficient (Wildman–Crippen LogP) is 3.41. The van der Waals surface area contributed by atoms with E-state index in [0.29, 0.717) is 22.7 Å². The first kappa shape index (κ1) is 20.6. The van der Waals surface area contributed by atoms with E-state index in [1.165, 1.54) is 6.42 Å². The van der Waals surface area contributed by atoms with Crippen LogP contribution in [0.1, 0.15) is 19.8 Å². The van der Waals surface area contributed by atoms with Gasteiger partial charge in [-0.2, -0.15) is 0 Å². The Hall–Kier alpha value is -0.730. The van der Waals surface area contributed by atoms with Crippen molar-refractivity contribution in [2.24, 2.45) is 10.4 Å². The van der Waals surface area contributed by atoms with Crippen molar-refractivity contribution in [2.75, 3.05) is 39.9 Å². The third-order valence-electron chi connectivity index (χ3n) is 4.85. The van der Waals surface area contributed by atoms with Crippen LogP contribution in [0.15, 0.2) is 29.3 Å². The van der Waals surface area contributed by atoms with Crippen LogP contribution in [-0.4, -0.2) is 56.9 Å². The lowest BCUT2D eigenvalue weighted by atomic mass is 9.87. The summed E-state index contributed by atoms with van der Waals surface area (Å²) in [5.41, 5.74) is 0.331. The highest BCUT2D eigenvalue weighted by atomic mass is 127. The summed E-state index contributed by atoms with van der Waals surface area (Å²) in [5, 5.41) is 4.06. The third kappa shape index (κ3) is 5.14. The summed E-state index contributed by atoms with van der Waals surface area (Å²) in [6, 6.07) is 7.55. The van der Waals surface area contributed by atoms with Gasteiger partial charge in [-0.05, 0) is 31.9 Å². The maximum atomic E-state index is 6.14. The van der Waals surface area contributed by atoms with Gasteiger partial charge in [0.2, 0.25) is 0 Å². The minimum Gasteiger partial charge on any atom is -0.487 e. The van der Waals surface area contributed by atoms with Gasteiger partial charge in [-0.25, -0.2) is 0 Å². The van der Waals surface area contributed by atoms with Gasteiger partial charge >= 0.3 is 0 Å². The number of aliphatic imine (C=N–C) groups is 1. The quantitative estimate of drug-likeness (QED) is 0.408. The van der Waals surface area contributed by atoms with Crippen molar-refractivity contribution >= 4 is 41.5 Å². The molecule has 7 heteroatoms. The molecule has 2 heterocycles. The Balaban J connectivity index is 0.00000225. The first-order chi connectivity index (χ1) is 11.6. The van der Waals surface area contributed by atoms with Gasteiger partial charge in [-0.3, -0.25) is 4.99 Å². The fourth-order valence-corrected chi connectivity index (χ4v) is 3.63. The van der Waals surface area contributed by atoms with Crippen LogP contribution >= 0.6 is 35.6 Å². The molecule has 0 aromatic heterocycles. The summed E-state index contributed by atoms with van der Waals surface area (Å²) in [6.45, 7) is 6.53. The molecule has 0 saturated carbocycles. The number of rotatable bonds is 4. The molecule has 2 atom stereocenters. The minimum atomic E-state index is -0.00646. The molecule has 1 aromatic rings. The summed E-state index contributed by atoms with van der Waals surface area (Å²) in [6.07, 6.45) is 2.33. The van der Waals surface area contributed by atoms with Crippen LogP contribution < -0.4 is 10.1 Å². The van der Waals surface area contributed by atoms with Crippen LogP contribution in [0.5, 0.6) is 5.75 Å². The summed E-state index contributed by atoms with van der Waals surface area (Å²) in [5.74, 6) is 1.65. The highest BCUT2D eigenvalue weighted by Crippen LogP contribution is 2.38. The number of likely N-dealkylation sites (tertiary alicyclic amines) is 1. The van der Waals surface area contributed by atoms with Gasteiger partial charge in [-0.15, -0.1) is 24.0 Å². The highest BCUT2D eigenvalue weighted by molar-refractivity contribution is 14.0. The first-order valence-corrected chi connectivity index (χ1v) is 8.94. The summed E-state index contributed by atoms with van der Waals surface area (Å²) < 4.78 is 11.5. The van der Waals surface area contributed by atoms with E-state index < -0.39 is 0 Å². The molecule has 140 valence electrons. The maximum Gasteiger partial charge on any atom is 0.193 e. The zero-order chi connectivity index (χ0) is 17.0. The van der Waals surface area contributed by atoms with Crippen molar-refractivity contribution in [3.05, 3.63) is 29.3 Å². The second kappa shape index (κ2) is 9.28. The predicted molar refractivity (Wildman–Crippen MR) is 112 cm³/mol. The third-order valence-corrected chi connectivity index (χ3v) is 5.16. The molecular weight excluding hydrogens is 453 g/mol. The largest absolute Gasteiger partial charge is 0.487 e. The van der Waals surface area contributed by atoms with E-state index in [2.05, 4.69) is 15.2 Å². The molecule has 25 heavy (non-hydrogen) atoms. The zero-order valence-electron chi connectivity index (χ0n) is 14.8. The molecule has 2 fully saturated rings. The van der Waals surface area contributed by atoms with Crippen molar-refractivity contribution < 1.29 is 9.47 Å². The number of nitrogens with zero attached hydrogens (tertiary/aromatic N) is 2. The number of hydrogen-bond donors (Lipinski definition) is 1. The van der Waals surface area contributed by atoms with Crippen molar-refractivity contribution in [2.45, 2.75) is 25.9 Å². The van der Waals surface area contributed by atoms with E-state index in [-0.39, 0.29) is 30.1 Å². The van der Waals surface area contributed by atoms with Crippen molar-refractivity contribution in [3.63, 3.8) is 0 Å². The molecule has 1 N–H and O–H groups in total. The molecule has 0 amide bonds. The van der Waals surface area contributed by atoms with Crippen LogP contribution in [0.4, 0.5) is 0 Å². The topological polar surface area (TPSA) is 46.1 Å². The molecule has 2 unspecified atom stereocenters. The Kier molecular flexibility index (Phi) is 7.64. The summed E-state index contributed by atoms with van der Waals surface area (Å²) in [4.78, 5) is 6.76. The van der Waals surface area contributed by atoms with Crippen LogP contribution in [0, 0.1) is 5.41 Å². The second-order valence-electron chi connectivity index (χ2n) is 6.76. The van der Waals surface area contributed by atoms with E-state index in [1.807, 2.05) is 38.2 Å². The molecule has 2 saturated heterocycles. The van der Waals surface area contributed by atoms with E-state index in [1.54, 1.807) is 0 Å². The molecular formula is C18H27ClIN3O2. The molecule has 0 bridgehead atoms. The number of para-hydroxylation sites is 1. The van der Waals surface area contributed by atoms with E-state index in [9.17, 15) is 0 Å². The Morgan fingerprint density at radius 1 is 1.44 bits per heavy atom. The minimum absolute atomic E-state index is 0. The van der Waals surface area contributed by atoms with E-state index in [4.69, 9.17) is 21.1 Å². The van der Waals surface area contributed by atoms with Gasteiger partial charge in [0.25, 0.3) is 0 Å². The first-order valence-electron chi connectivity index (χ1n) is 8.56. The van der Waals surface area contributed by atoms with Crippen LogP contribution in [0.3, 0.4) is 0 Å². The number of ether oxygens (including phenoxy) is 2.